The molecule has 118 valence electrons. The van der Waals surface area contributed by atoms with Gasteiger partial charge < -0.3 is 15.0 Å². The standard InChI is InChI=1S/C17H23N3O2/c1-11-19-15-9-13(6-7-16(15)20(11)2)17(22)18-10-12-4-3-5-14(21)8-12/h6-7,9,12,14,21H,3-5,8,10H2,1-2H3,(H,18,22). The predicted molar refractivity (Wildman–Crippen MR) is 85.7 cm³/mol. The fourth-order valence-corrected chi connectivity index (χ4v) is 3.25. The monoisotopic (exact) mass is 301 g/mol. The van der Waals surface area contributed by atoms with Crippen molar-refractivity contribution in [1.29, 1.82) is 0 Å². The number of aliphatic hydroxyl groups is 1. The molecule has 1 aromatic carbocycles. The van der Waals surface area contributed by atoms with E-state index in [2.05, 4.69) is 10.3 Å². The number of hydrogen-bond acceptors (Lipinski definition) is 3. The summed E-state index contributed by atoms with van der Waals surface area (Å²) in [4.78, 5) is 16.8. The number of amides is 1. The summed E-state index contributed by atoms with van der Waals surface area (Å²) in [6, 6.07) is 5.62. The van der Waals surface area contributed by atoms with E-state index in [1.807, 2.05) is 36.7 Å². The average molecular weight is 301 g/mol. The molecule has 1 amide bonds. The van der Waals surface area contributed by atoms with Crippen molar-refractivity contribution in [2.75, 3.05) is 6.54 Å². The van der Waals surface area contributed by atoms with Gasteiger partial charge in [-0.05, 0) is 50.3 Å². The SMILES string of the molecule is Cc1nc2cc(C(=O)NCC3CCCC(O)C3)ccc2n1C. The van der Waals surface area contributed by atoms with Crippen molar-refractivity contribution in [3.8, 4) is 0 Å². The number of imidazole rings is 1. The normalized spacial score (nSPS) is 22.0. The van der Waals surface area contributed by atoms with Crippen LogP contribution in [0, 0.1) is 12.8 Å². The molecule has 0 spiro atoms. The molecule has 2 N–H and O–H groups in total. The molecule has 1 fully saturated rings. The number of nitrogens with one attached hydrogen (secondary N) is 1. The first-order valence-corrected chi connectivity index (χ1v) is 7.94. The summed E-state index contributed by atoms with van der Waals surface area (Å²) in [6.45, 7) is 2.59. The van der Waals surface area contributed by atoms with Gasteiger partial charge in [-0.25, -0.2) is 4.98 Å². The molecule has 1 aliphatic carbocycles. The van der Waals surface area contributed by atoms with Gasteiger partial charge in [-0.1, -0.05) is 6.42 Å². The number of aryl methyl sites for hydroxylation is 2. The van der Waals surface area contributed by atoms with Gasteiger partial charge in [0.25, 0.3) is 5.91 Å². The number of benzene rings is 1. The topological polar surface area (TPSA) is 67.2 Å². The summed E-state index contributed by atoms with van der Waals surface area (Å²) in [5.74, 6) is 1.25. The van der Waals surface area contributed by atoms with Crippen LogP contribution in [-0.2, 0) is 7.05 Å². The van der Waals surface area contributed by atoms with Crippen molar-refractivity contribution in [3.05, 3.63) is 29.6 Å². The molecule has 1 aromatic heterocycles. The Labute approximate surface area is 130 Å². The number of nitrogens with zero attached hydrogens (tertiary/aromatic N) is 2. The number of rotatable bonds is 3. The van der Waals surface area contributed by atoms with E-state index in [0.717, 1.165) is 42.5 Å². The summed E-state index contributed by atoms with van der Waals surface area (Å²) < 4.78 is 2.01. The summed E-state index contributed by atoms with van der Waals surface area (Å²) in [7, 11) is 1.97. The number of aliphatic hydroxyl groups excluding tert-OH is 1. The molecule has 0 bridgehead atoms. The molecule has 1 saturated carbocycles. The molecule has 2 atom stereocenters. The summed E-state index contributed by atoms with van der Waals surface area (Å²) >= 11 is 0. The van der Waals surface area contributed by atoms with Crippen LogP contribution < -0.4 is 5.32 Å². The lowest BCUT2D eigenvalue weighted by Crippen LogP contribution is -2.32. The molecule has 1 aliphatic rings. The van der Waals surface area contributed by atoms with Crippen LogP contribution in [0.15, 0.2) is 18.2 Å². The van der Waals surface area contributed by atoms with Gasteiger partial charge >= 0.3 is 0 Å². The summed E-state index contributed by atoms with van der Waals surface area (Å²) in [5, 5.41) is 12.7. The Bertz CT molecular complexity index is 693. The van der Waals surface area contributed by atoms with Crippen LogP contribution in [0.25, 0.3) is 11.0 Å². The van der Waals surface area contributed by atoms with Crippen molar-refractivity contribution in [2.45, 2.75) is 38.7 Å². The van der Waals surface area contributed by atoms with Gasteiger partial charge in [0.05, 0.1) is 17.1 Å². The average Bonchev–Trinajstić information content (AvgIpc) is 2.79. The maximum atomic E-state index is 12.3. The predicted octanol–water partition coefficient (Wildman–Crippen LogP) is 2.16. The van der Waals surface area contributed by atoms with Crippen LogP contribution in [-0.4, -0.2) is 33.2 Å². The van der Waals surface area contributed by atoms with Crippen molar-refractivity contribution >= 4 is 16.9 Å². The quantitative estimate of drug-likeness (QED) is 0.913. The van der Waals surface area contributed by atoms with E-state index in [1.54, 1.807) is 0 Å². The van der Waals surface area contributed by atoms with Crippen molar-refractivity contribution in [2.24, 2.45) is 13.0 Å². The molecular weight excluding hydrogens is 278 g/mol. The van der Waals surface area contributed by atoms with E-state index >= 15 is 0 Å². The van der Waals surface area contributed by atoms with Crippen molar-refractivity contribution in [3.63, 3.8) is 0 Å². The van der Waals surface area contributed by atoms with E-state index in [1.165, 1.54) is 0 Å². The lowest BCUT2D eigenvalue weighted by molar-refractivity contribution is 0.0874. The fraction of sp³-hybridized carbons (Fsp3) is 0.529. The Morgan fingerprint density at radius 2 is 2.27 bits per heavy atom. The second-order valence-electron chi connectivity index (χ2n) is 6.32. The van der Waals surface area contributed by atoms with Crippen LogP contribution in [0.3, 0.4) is 0 Å². The van der Waals surface area contributed by atoms with Gasteiger partial charge in [0.1, 0.15) is 5.82 Å². The number of carbonyl (C=O) groups is 1. The van der Waals surface area contributed by atoms with Gasteiger partial charge in [0.2, 0.25) is 0 Å². The lowest BCUT2D eigenvalue weighted by atomic mass is 9.87. The van der Waals surface area contributed by atoms with Crippen LogP contribution in [0.4, 0.5) is 0 Å². The molecule has 3 rings (SSSR count). The Morgan fingerprint density at radius 1 is 1.45 bits per heavy atom. The maximum Gasteiger partial charge on any atom is 0.251 e. The van der Waals surface area contributed by atoms with Crippen LogP contribution in [0.1, 0.15) is 41.9 Å². The molecule has 1 heterocycles. The van der Waals surface area contributed by atoms with E-state index in [9.17, 15) is 9.90 Å². The minimum atomic E-state index is -0.205. The highest BCUT2D eigenvalue weighted by atomic mass is 16.3. The molecule has 5 nitrogen and oxygen atoms in total. The van der Waals surface area contributed by atoms with Crippen LogP contribution >= 0.6 is 0 Å². The van der Waals surface area contributed by atoms with Gasteiger partial charge in [0, 0.05) is 19.2 Å². The van der Waals surface area contributed by atoms with Gasteiger partial charge in [-0.15, -0.1) is 0 Å². The highest BCUT2D eigenvalue weighted by molar-refractivity contribution is 5.97. The number of hydrogen-bond donors (Lipinski definition) is 2. The Balaban J connectivity index is 1.67. The smallest absolute Gasteiger partial charge is 0.251 e. The third kappa shape index (κ3) is 2.99. The zero-order valence-corrected chi connectivity index (χ0v) is 13.2. The second-order valence-corrected chi connectivity index (χ2v) is 6.32. The highest BCUT2D eigenvalue weighted by Gasteiger charge is 2.20. The molecule has 0 radical (unpaired) electrons. The van der Waals surface area contributed by atoms with Crippen molar-refractivity contribution < 1.29 is 9.90 Å². The van der Waals surface area contributed by atoms with Crippen LogP contribution in [0.2, 0.25) is 0 Å². The van der Waals surface area contributed by atoms with Gasteiger partial charge in [-0.2, -0.15) is 0 Å². The van der Waals surface area contributed by atoms with E-state index in [-0.39, 0.29) is 12.0 Å². The largest absolute Gasteiger partial charge is 0.393 e. The number of fused-ring (bicyclic) bond motifs is 1. The maximum absolute atomic E-state index is 12.3. The minimum absolute atomic E-state index is 0.0646. The second kappa shape index (κ2) is 6.08. The van der Waals surface area contributed by atoms with E-state index < -0.39 is 0 Å². The molecular formula is C17H23N3O2. The Morgan fingerprint density at radius 3 is 3.05 bits per heavy atom. The first-order chi connectivity index (χ1) is 10.5. The molecule has 0 saturated heterocycles. The van der Waals surface area contributed by atoms with Crippen molar-refractivity contribution in [1.82, 2.24) is 14.9 Å². The van der Waals surface area contributed by atoms with Crippen LogP contribution in [0.5, 0.6) is 0 Å². The Hall–Kier alpha value is -1.88. The zero-order chi connectivity index (χ0) is 15.7. The summed E-state index contributed by atoms with van der Waals surface area (Å²) in [5.41, 5.74) is 2.52. The molecule has 2 unspecified atom stereocenters. The molecule has 0 aliphatic heterocycles. The Kier molecular flexibility index (Phi) is 4.16. The minimum Gasteiger partial charge on any atom is -0.393 e. The lowest BCUT2D eigenvalue weighted by Gasteiger charge is -2.25. The van der Waals surface area contributed by atoms with E-state index in [0.29, 0.717) is 18.0 Å². The van der Waals surface area contributed by atoms with Gasteiger partial charge in [-0.3, -0.25) is 4.79 Å². The molecule has 2 aromatic rings. The van der Waals surface area contributed by atoms with E-state index in [4.69, 9.17) is 0 Å². The fourth-order valence-electron chi connectivity index (χ4n) is 3.25. The molecule has 22 heavy (non-hydrogen) atoms. The first-order valence-electron chi connectivity index (χ1n) is 7.94. The third-order valence-electron chi connectivity index (χ3n) is 4.67. The molecule has 5 heteroatoms. The first kappa shape index (κ1) is 15.0. The summed E-state index contributed by atoms with van der Waals surface area (Å²) in [6.07, 6.45) is 3.60. The number of aromatic nitrogens is 2. The number of carbonyl (C=O) groups excluding carboxylic acids is 1. The van der Waals surface area contributed by atoms with Gasteiger partial charge in [0.15, 0.2) is 0 Å². The zero-order valence-electron chi connectivity index (χ0n) is 13.2. The highest BCUT2D eigenvalue weighted by Crippen LogP contribution is 2.23. The third-order valence-corrected chi connectivity index (χ3v) is 4.67.